The third-order valence-electron chi connectivity index (χ3n) is 5.44. The number of nitrogens with zero attached hydrogens (tertiary/aromatic N) is 6. The Hall–Kier alpha value is -2.69. The topological polar surface area (TPSA) is 85.9 Å². The van der Waals surface area contributed by atoms with Gasteiger partial charge in [0.1, 0.15) is 11.6 Å². The van der Waals surface area contributed by atoms with E-state index < -0.39 is 10.0 Å². The minimum atomic E-state index is -3.51. The summed E-state index contributed by atoms with van der Waals surface area (Å²) in [4.78, 5) is 5.05. The molecule has 0 aliphatic rings. The third-order valence-corrected chi connectivity index (χ3v) is 8.21. The fourth-order valence-electron chi connectivity index (χ4n) is 3.66. The number of hydrogen-bond donors (Lipinski definition) is 0. The molecule has 4 aromatic rings. The van der Waals surface area contributed by atoms with Crippen LogP contribution in [0.4, 0.5) is 0 Å². The lowest BCUT2D eigenvalue weighted by Crippen LogP contribution is -2.22. The fourth-order valence-corrected chi connectivity index (χ4v) is 5.51. The number of benzene rings is 2. The number of aromatic nitrogens is 5. The summed E-state index contributed by atoms with van der Waals surface area (Å²) in [5, 5.41) is 9.49. The molecule has 4 rings (SSSR count). The third kappa shape index (κ3) is 4.83. The van der Waals surface area contributed by atoms with Gasteiger partial charge in [-0.3, -0.25) is 0 Å². The first-order valence-corrected chi connectivity index (χ1v) is 13.2. The van der Waals surface area contributed by atoms with Crippen LogP contribution in [-0.2, 0) is 28.9 Å². The molecular weight excluding hydrogens is 456 g/mol. The monoisotopic (exact) mass is 484 g/mol. The highest BCUT2D eigenvalue weighted by atomic mass is 32.2. The molecule has 0 fully saturated rings. The Morgan fingerprint density at radius 3 is 2.48 bits per heavy atom. The molecule has 8 nitrogen and oxygen atoms in total. The summed E-state index contributed by atoms with van der Waals surface area (Å²) in [6.45, 7) is 5.59. The van der Waals surface area contributed by atoms with Gasteiger partial charge in [0.15, 0.2) is 5.16 Å². The molecule has 0 atom stereocenters. The van der Waals surface area contributed by atoms with Crippen LogP contribution < -0.4 is 0 Å². The molecule has 2 aromatic carbocycles. The number of imidazole rings is 1. The van der Waals surface area contributed by atoms with E-state index in [2.05, 4.69) is 38.4 Å². The highest BCUT2D eigenvalue weighted by Crippen LogP contribution is 2.27. The van der Waals surface area contributed by atoms with Crippen molar-refractivity contribution in [3.05, 3.63) is 65.7 Å². The second-order valence-electron chi connectivity index (χ2n) is 8.01. The highest BCUT2D eigenvalue weighted by molar-refractivity contribution is 7.98. The van der Waals surface area contributed by atoms with Crippen molar-refractivity contribution < 1.29 is 8.42 Å². The van der Waals surface area contributed by atoms with Gasteiger partial charge in [0.2, 0.25) is 10.0 Å². The van der Waals surface area contributed by atoms with Crippen LogP contribution in [0, 0.1) is 6.92 Å². The number of rotatable bonds is 9. The number of hydrogen-bond acceptors (Lipinski definition) is 6. The standard InChI is InChI=1S/C23H28N6O2S2/c1-5-13-28-21-12-11-19(33(30,31)27(3)4)14-20(21)24-22(28)16-32-23-26-25-17(2)29(23)15-18-9-7-6-8-10-18/h6-12,14H,5,13,15-16H2,1-4H3. The van der Waals surface area contributed by atoms with E-state index in [1.807, 2.05) is 31.2 Å². The molecule has 0 aliphatic heterocycles. The summed E-state index contributed by atoms with van der Waals surface area (Å²) in [6.07, 6.45) is 0.949. The fraction of sp³-hybridized carbons (Fsp3) is 0.348. The second kappa shape index (κ2) is 9.66. The minimum absolute atomic E-state index is 0.249. The molecule has 0 unspecified atom stereocenters. The van der Waals surface area contributed by atoms with Gasteiger partial charge in [-0.05, 0) is 37.1 Å². The molecule has 174 valence electrons. The van der Waals surface area contributed by atoms with Crippen LogP contribution in [0.15, 0.2) is 58.6 Å². The van der Waals surface area contributed by atoms with Gasteiger partial charge in [-0.1, -0.05) is 49.0 Å². The molecule has 0 amide bonds. The first-order valence-electron chi connectivity index (χ1n) is 10.8. The number of thioether (sulfide) groups is 1. The average molecular weight is 485 g/mol. The Morgan fingerprint density at radius 1 is 1.03 bits per heavy atom. The summed E-state index contributed by atoms with van der Waals surface area (Å²) < 4.78 is 30.6. The van der Waals surface area contributed by atoms with Crippen molar-refractivity contribution in [2.75, 3.05) is 14.1 Å². The molecular formula is C23H28N6O2S2. The highest BCUT2D eigenvalue weighted by Gasteiger charge is 2.20. The average Bonchev–Trinajstić information content (AvgIpc) is 3.32. The molecule has 0 saturated heterocycles. The van der Waals surface area contributed by atoms with Crippen molar-refractivity contribution >= 4 is 32.8 Å². The van der Waals surface area contributed by atoms with Crippen molar-refractivity contribution in [1.29, 1.82) is 0 Å². The van der Waals surface area contributed by atoms with Gasteiger partial charge >= 0.3 is 0 Å². The zero-order chi connectivity index (χ0) is 23.6. The van der Waals surface area contributed by atoms with Crippen LogP contribution in [0.25, 0.3) is 11.0 Å². The predicted octanol–water partition coefficient (Wildman–Crippen LogP) is 3.94. The van der Waals surface area contributed by atoms with E-state index in [-0.39, 0.29) is 4.90 Å². The lowest BCUT2D eigenvalue weighted by atomic mass is 10.2. The molecule has 0 aliphatic carbocycles. The smallest absolute Gasteiger partial charge is 0.242 e. The van der Waals surface area contributed by atoms with E-state index in [0.717, 1.165) is 35.3 Å². The normalized spacial score (nSPS) is 12.2. The van der Waals surface area contributed by atoms with Crippen LogP contribution in [0.5, 0.6) is 0 Å². The summed E-state index contributed by atoms with van der Waals surface area (Å²) >= 11 is 1.59. The first-order chi connectivity index (χ1) is 15.8. The lowest BCUT2D eigenvalue weighted by molar-refractivity contribution is 0.521. The van der Waals surface area contributed by atoms with Crippen molar-refractivity contribution in [3.8, 4) is 0 Å². The minimum Gasteiger partial charge on any atom is -0.327 e. The van der Waals surface area contributed by atoms with Crippen LogP contribution in [-0.4, -0.2) is 51.1 Å². The van der Waals surface area contributed by atoms with E-state index >= 15 is 0 Å². The lowest BCUT2D eigenvalue weighted by Gasteiger charge is -2.11. The molecule has 2 aromatic heterocycles. The van der Waals surface area contributed by atoms with E-state index in [0.29, 0.717) is 17.8 Å². The predicted molar refractivity (Wildman–Crippen MR) is 131 cm³/mol. The van der Waals surface area contributed by atoms with Crippen molar-refractivity contribution in [3.63, 3.8) is 0 Å². The van der Waals surface area contributed by atoms with Gasteiger partial charge in [-0.15, -0.1) is 10.2 Å². The maximum Gasteiger partial charge on any atom is 0.242 e. The van der Waals surface area contributed by atoms with E-state index in [9.17, 15) is 8.42 Å². The van der Waals surface area contributed by atoms with Gasteiger partial charge in [0.05, 0.1) is 28.2 Å². The van der Waals surface area contributed by atoms with Crippen molar-refractivity contribution in [2.45, 2.75) is 49.2 Å². The summed E-state index contributed by atoms with van der Waals surface area (Å²) in [5.74, 6) is 2.36. The molecule has 0 N–H and O–H groups in total. The van der Waals surface area contributed by atoms with Crippen LogP contribution >= 0.6 is 11.8 Å². The largest absolute Gasteiger partial charge is 0.327 e. The van der Waals surface area contributed by atoms with Gasteiger partial charge in [-0.25, -0.2) is 17.7 Å². The molecule has 0 radical (unpaired) electrons. The maximum absolute atomic E-state index is 12.6. The zero-order valence-corrected chi connectivity index (χ0v) is 20.9. The maximum atomic E-state index is 12.6. The zero-order valence-electron chi connectivity index (χ0n) is 19.3. The number of aryl methyl sites for hydroxylation is 2. The second-order valence-corrected chi connectivity index (χ2v) is 11.1. The first kappa shape index (κ1) is 23.5. The molecule has 10 heteroatoms. The number of fused-ring (bicyclic) bond motifs is 1. The van der Waals surface area contributed by atoms with Crippen LogP contribution in [0.3, 0.4) is 0 Å². The van der Waals surface area contributed by atoms with E-state index in [1.165, 1.54) is 24.0 Å². The van der Waals surface area contributed by atoms with Crippen molar-refractivity contribution in [2.24, 2.45) is 0 Å². The van der Waals surface area contributed by atoms with Gasteiger partial charge in [0, 0.05) is 20.6 Å². The van der Waals surface area contributed by atoms with Crippen LogP contribution in [0.1, 0.15) is 30.6 Å². The summed E-state index contributed by atoms with van der Waals surface area (Å²) in [5.41, 5.74) is 2.81. The van der Waals surface area contributed by atoms with E-state index in [4.69, 9.17) is 4.98 Å². The van der Waals surface area contributed by atoms with Crippen LogP contribution in [0.2, 0.25) is 0 Å². The summed E-state index contributed by atoms with van der Waals surface area (Å²) in [7, 11) is -0.450. The molecule has 2 heterocycles. The van der Waals surface area contributed by atoms with Gasteiger partial charge < -0.3 is 9.13 Å². The SMILES string of the molecule is CCCn1c(CSc2nnc(C)n2Cc2ccccc2)nc2cc(S(=O)(=O)N(C)C)ccc21. The van der Waals surface area contributed by atoms with Crippen molar-refractivity contribution in [1.82, 2.24) is 28.6 Å². The Balaban J connectivity index is 1.63. The molecule has 0 spiro atoms. The summed E-state index contributed by atoms with van der Waals surface area (Å²) in [6, 6.07) is 15.4. The number of sulfonamides is 1. The Labute approximate surface area is 198 Å². The van der Waals surface area contributed by atoms with E-state index in [1.54, 1.807) is 23.9 Å². The Bertz CT molecular complexity index is 1360. The Kier molecular flexibility index (Phi) is 6.87. The molecule has 33 heavy (non-hydrogen) atoms. The Morgan fingerprint density at radius 2 is 1.79 bits per heavy atom. The van der Waals surface area contributed by atoms with Gasteiger partial charge in [0.25, 0.3) is 0 Å². The quantitative estimate of drug-likeness (QED) is 0.335. The molecule has 0 saturated carbocycles. The molecule has 0 bridgehead atoms. The van der Waals surface area contributed by atoms with Gasteiger partial charge in [-0.2, -0.15) is 0 Å².